The number of rotatable bonds is 3. The van der Waals surface area contributed by atoms with E-state index in [0.717, 1.165) is 0 Å². The Labute approximate surface area is 304 Å². The molecule has 4 amide bonds. The monoisotopic (exact) mass is 739 g/mol. The maximum atomic E-state index is 12.2. The molecule has 0 aliphatic carbocycles. The van der Waals surface area contributed by atoms with Crippen LogP contribution in [0.1, 0.15) is 69.2 Å². The van der Waals surface area contributed by atoms with Crippen LogP contribution < -0.4 is 22.1 Å². The highest BCUT2D eigenvalue weighted by Crippen LogP contribution is 2.29. The number of imide groups is 1. The number of aliphatic hydroxyl groups excluding tert-OH is 2. The first-order chi connectivity index (χ1) is 24.3. The average Bonchev–Trinajstić information content (AvgIpc) is 3.87. The van der Waals surface area contributed by atoms with Crippen LogP contribution in [-0.4, -0.2) is 146 Å². The Morgan fingerprint density at radius 2 is 1.13 bits per heavy atom. The summed E-state index contributed by atoms with van der Waals surface area (Å²) in [5.41, 5.74) is 11.0. The molecule has 294 valence electrons. The molecule has 0 radical (unpaired) electrons. The van der Waals surface area contributed by atoms with E-state index in [4.69, 9.17) is 45.0 Å². The van der Waals surface area contributed by atoms with Crippen molar-refractivity contribution < 1.29 is 57.8 Å². The second-order valence-corrected chi connectivity index (χ2v) is 15.2. The van der Waals surface area contributed by atoms with Gasteiger partial charge in [0.2, 0.25) is 0 Å². The summed E-state index contributed by atoms with van der Waals surface area (Å²) in [6.07, 6.45) is -2.03. The Morgan fingerprint density at radius 1 is 0.692 bits per heavy atom. The minimum Gasteiger partial charge on any atom is -0.444 e. The highest BCUT2D eigenvalue weighted by Gasteiger charge is 2.43. The molecular formula is C35H57N5O12. The van der Waals surface area contributed by atoms with E-state index in [9.17, 15) is 24.3 Å². The lowest BCUT2D eigenvalue weighted by Crippen LogP contribution is -2.48. The fraction of sp³-hybridized carbons (Fsp3) is 0.714. The van der Waals surface area contributed by atoms with Gasteiger partial charge in [0.05, 0.1) is 106 Å². The van der Waals surface area contributed by atoms with E-state index in [0.29, 0.717) is 57.4 Å². The van der Waals surface area contributed by atoms with Gasteiger partial charge in [-0.2, -0.15) is 0 Å². The number of hydrogen-bond donors (Lipinski definition) is 6. The highest BCUT2D eigenvalue weighted by molar-refractivity contribution is 6.21. The lowest BCUT2D eigenvalue weighted by Gasteiger charge is -2.23. The highest BCUT2D eigenvalue weighted by atomic mass is 16.6. The van der Waals surface area contributed by atoms with Crippen LogP contribution in [0.3, 0.4) is 0 Å². The van der Waals surface area contributed by atoms with Crippen LogP contribution in [0, 0.1) is 5.92 Å². The number of alkyl carbamates (subject to hydrolysis) is 2. The number of benzene rings is 1. The third kappa shape index (κ3) is 13.2. The van der Waals surface area contributed by atoms with Crippen LogP contribution in [0.15, 0.2) is 24.3 Å². The normalized spacial score (nSPS) is 29.5. The number of fused-ring (bicyclic) bond motifs is 1. The van der Waals surface area contributed by atoms with Crippen molar-refractivity contribution in [2.45, 2.75) is 102 Å². The van der Waals surface area contributed by atoms with Crippen LogP contribution in [-0.2, 0) is 28.4 Å². The minimum atomic E-state index is -0.637. The number of nitrogens with two attached hydrogens (primary N) is 2. The third-order valence-electron chi connectivity index (χ3n) is 8.16. The number of nitrogens with one attached hydrogen (secondary N) is 2. The van der Waals surface area contributed by atoms with E-state index in [1.807, 2.05) is 27.7 Å². The van der Waals surface area contributed by atoms with Crippen LogP contribution in [0.4, 0.5) is 9.59 Å². The van der Waals surface area contributed by atoms with Gasteiger partial charge in [-0.05, 0) is 53.7 Å². The van der Waals surface area contributed by atoms with E-state index in [1.165, 1.54) is 4.90 Å². The number of hydrogen-bond acceptors (Lipinski definition) is 14. The van der Waals surface area contributed by atoms with Gasteiger partial charge >= 0.3 is 12.2 Å². The molecule has 1 aromatic carbocycles. The number of aliphatic hydroxyl groups is 2. The summed E-state index contributed by atoms with van der Waals surface area (Å²) in [7, 11) is 0. The average molecular weight is 740 g/mol. The number of carbonyl (C=O) groups is 4. The van der Waals surface area contributed by atoms with Crippen molar-refractivity contribution in [3.8, 4) is 0 Å². The Morgan fingerprint density at radius 3 is 1.50 bits per heavy atom. The molecule has 0 aromatic heterocycles. The van der Waals surface area contributed by atoms with Crippen LogP contribution in [0.5, 0.6) is 0 Å². The van der Waals surface area contributed by atoms with E-state index in [2.05, 4.69) is 10.6 Å². The Balaban J connectivity index is 0.000000194. The molecule has 0 bridgehead atoms. The maximum Gasteiger partial charge on any atom is 0.408 e. The van der Waals surface area contributed by atoms with Gasteiger partial charge in [-0.25, -0.2) is 9.59 Å². The lowest BCUT2D eigenvalue weighted by atomic mass is 10.1. The Bertz CT molecular complexity index is 1260. The van der Waals surface area contributed by atoms with Gasteiger partial charge in [-0.15, -0.1) is 0 Å². The summed E-state index contributed by atoms with van der Waals surface area (Å²) in [5, 5.41) is 23.3. The van der Waals surface area contributed by atoms with Crippen molar-refractivity contribution in [1.82, 2.24) is 15.5 Å². The smallest absolute Gasteiger partial charge is 0.408 e. The van der Waals surface area contributed by atoms with Gasteiger partial charge in [0.25, 0.3) is 11.8 Å². The van der Waals surface area contributed by atoms with Gasteiger partial charge in [0, 0.05) is 5.92 Å². The molecule has 5 aliphatic rings. The molecule has 0 unspecified atom stereocenters. The zero-order chi connectivity index (χ0) is 38.8. The molecule has 17 heteroatoms. The second kappa shape index (κ2) is 19.1. The van der Waals surface area contributed by atoms with Crippen LogP contribution in [0.25, 0.3) is 0 Å². The van der Waals surface area contributed by atoms with E-state index in [1.54, 1.807) is 45.0 Å². The predicted molar refractivity (Wildman–Crippen MR) is 187 cm³/mol. The summed E-state index contributed by atoms with van der Waals surface area (Å²) in [5.74, 6) is -0.168. The molecule has 5 heterocycles. The fourth-order valence-corrected chi connectivity index (χ4v) is 5.37. The Kier molecular flexibility index (Phi) is 15.8. The van der Waals surface area contributed by atoms with Crippen LogP contribution in [0.2, 0.25) is 0 Å². The van der Waals surface area contributed by atoms with Crippen LogP contribution >= 0.6 is 0 Å². The molecule has 8 atom stereocenters. The molecule has 17 nitrogen and oxygen atoms in total. The first kappa shape index (κ1) is 43.0. The zero-order valence-electron chi connectivity index (χ0n) is 31.2. The van der Waals surface area contributed by atoms with Crippen molar-refractivity contribution >= 4 is 24.0 Å². The van der Waals surface area contributed by atoms with Gasteiger partial charge < -0.3 is 60.7 Å². The molecule has 4 saturated heterocycles. The van der Waals surface area contributed by atoms with Crippen molar-refractivity contribution in [3.05, 3.63) is 35.4 Å². The molecule has 4 fully saturated rings. The minimum absolute atomic E-state index is 0.123. The first-order valence-corrected chi connectivity index (χ1v) is 17.4. The third-order valence-corrected chi connectivity index (χ3v) is 8.16. The van der Waals surface area contributed by atoms with Gasteiger partial charge in [0.15, 0.2) is 0 Å². The summed E-state index contributed by atoms with van der Waals surface area (Å²) in [6, 6.07) is 6.07. The molecule has 0 spiro atoms. The quantitative estimate of drug-likeness (QED) is 0.232. The van der Waals surface area contributed by atoms with Crippen molar-refractivity contribution in [2.75, 3.05) is 52.9 Å². The van der Waals surface area contributed by atoms with Gasteiger partial charge in [0.1, 0.15) is 11.2 Å². The van der Waals surface area contributed by atoms with Crippen molar-refractivity contribution in [1.29, 1.82) is 0 Å². The zero-order valence-corrected chi connectivity index (χ0v) is 31.2. The standard InChI is InChI=1S/C13H13NO3.C9H18N2O3.C9H17NO4.C4H9NO2/c1-8-6-17-7-11(8)14-12(15)9-4-2-3-5-10(9)13(14)16;1-9(2,3)14-8(12)11-7-5-13-4-6(7)10;1-9(2,3)14-8(12)10-6-4-13-5-7(6)11;5-3-1-7-2-4(3)6/h2-5,8,11H,6-7H2,1H3;6-7H,4-5,10H2,1-3H3,(H,11,12);6-7,11H,4-5H2,1-3H3,(H,10,12);3-4,6H,1-2,5H2/t8-,11+;6-,7+;6-,7-;3-,4-/m0100/s1. The van der Waals surface area contributed by atoms with E-state index < -0.39 is 35.6 Å². The molecule has 52 heavy (non-hydrogen) atoms. The van der Waals surface area contributed by atoms with Gasteiger partial charge in [-0.3, -0.25) is 14.5 Å². The summed E-state index contributed by atoms with van der Waals surface area (Å²) < 4.78 is 30.3. The molecule has 8 N–H and O–H groups in total. The summed E-state index contributed by atoms with van der Waals surface area (Å²) >= 11 is 0. The second-order valence-electron chi connectivity index (χ2n) is 15.2. The number of ether oxygens (including phenoxy) is 6. The number of amides is 4. The first-order valence-electron chi connectivity index (χ1n) is 17.4. The number of nitrogens with zero attached hydrogens (tertiary/aromatic N) is 1. The van der Waals surface area contributed by atoms with E-state index >= 15 is 0 Å². The van der Waals surface area contributed by atoms with Gasteiger partial charge in [-0.1, -0.05) is 19.1 Å². The van der Waals surface area contributed by atoms with Crippen molar-refractivity contribution in [3.63, 3.8) is 0 Å². The Hall–Kier alpha value is -3.42. The molecule has 0 saturated carbocycles. The maximum absolute atomic E-state index is 12.2. The lowest BCUT2D eigenvalue weighted by molar-refractivity contribution is 0.0458. The number of carbonyl (C=O) groups excluding carboxylic acids is 4. The SMILES string of the molecule is CC(C)(C)OC(=O)N[C@H]1COC[C@@H]1O.CC(C)(C)OC(=O)N[C@H]1COC[C@H]1N.C[C@H]1COC[C@H]1N1C(=O)c2ccccc2C1=O.N[C@H]1COC[C@@H]1O. The predicted octanol–water partition coefficient (Wildman–Crippen LogP) is 0.530. The summed E-state index contributed by atoms with van der Waals surface area (Å²) in [6.45, 7) is 16.3. The summed E-state index contributed by atoms with van der Waals surface area (Å²) in [4.78, 5) is 48.3. The molecule has 5 aliphatic heterocycles. The topological polar surface area (TPSA) is 243 Å². The van der Waals surface area contributed by atoms with E-state index in [-0.39, 0.29) is 54.5 Å². The molecular weight excluding hydrogens is 682 g/mol. The molecule has 1 aromatic rings. The fourth-order valence-electron chi connectivity index (χ4n) is 5.37. The van der Waals surface area contributed by atoms with Crippen molar-refractivity contribution in [2.24, 2.45) is 17.4 Å². The molecule has 6 rings (SSSR count). The largest absolute Gasteiger partial charge is 0.444 e.